The largest absolute Gasteiger partial charge is 0.478 e. The molecule has 0 radical (unpaired) electrons. The van der Waals surface area contributed by atoms with Gasteiger partial charge in [-0.2, -0.15) is 5.26 Å². The fourth-order valence-electron chi connectivity index (χ4n) is 3.34. The number of aromatic nitrogens is 1. The quantitative estimate of drug-likeness (QED) is 0.881. The number of anilines is 2. The first-order valence-electron chi connectivity index (χ1n) is 8.20. The van der Waals surface area contributed by atoms with Gasteiger partial charge in [0, 0.05) is 24.8 Å². The van der Waals surface area contributed by atoms with Crippen molar-refractivity contribution in [2.24, 2.45) is 0 Å². The lowest BCUT2D eigenvalue weighted by molar-refractivity contribution is -0.117. The number of nitrogens with zero attached hydrogens (tertiary/aromatic N) is 3. The van der Waals surface area contributed by atoms with Crippen molar-refractivity contribution in [3.05, 3.63) is 53.2 Å². The number of hydrogen-bond acceptors (Lipinski definition) is 5. The summed E-state index contributed by atoms with van der Waals surface area (Å²) in [5.74, 6) is -0.517. The second-order valence-electron chi connectivity index (χ2n) is 6.29. The minimum absolute atomic E-state index is 0.0495. The van der Waals surface area contributed by atoms with Gasteiger partial charge in [0.15, 0.2) is 0 Å². The first-order valence-corrected chi connectivity index (χ1v) is 8.20. The highest BCUT2D eigenvalue weighted by molar-refractivity contribution is 5.95. The SMILES string of the molecule is CC(=O)N1c2ccc(C(=O)O)cc2C(Nc2ccc(C#N)cn2)CC1C. The van der Waals surface area contributed by atoms with E-state index >= 15 is 0 Å². The summed E-state index contributed by atoms with van der Waals surface area (Å²) in [4.78, 5) is 29.3. The van der Waals surface area contributed by atoms with Crippen LogP contribution in [-0.2, 0) is 4.79 Å². The van der Waals surface area contributed by atoms with Crippen LogP contribution < -0.4 is 10.2 Å². The number of carboxylic acid groups (broad SMARTS) is 1. The van der Waals surface area contributed by atoms with Gasteiger partial charge < -0.3 is 15.3 Å². The number of hydrogen-bond donors (Lipinski definition) is 2. The average Bonchev–Trinajstić information content (AvgIpc) is 2.61. The van der Waals surface area contributed by atoms with Gasteiger partial charge in [0.2, 0.25) is 5.91 Å². The van der Waals surface area contributed by atoms with Crippen LogP contribution in [0.1, 0.15) is 47.8 Å². The van der Waals surface area contributed by atoms with Crippen LogP contribution in [0.5, 0.6) is 0 Å². The van der Waals surface area contributed by atoms with Crippen LogP contribution in [0.2, 0.25) is 0 Å². The van der Waals surface area contributed by atoms with Crippen LogP contribution in [0.25, 0.3) is 0 Å². The van der Waals surface area contributed by atoms with Gasteiger partial charge in [0.1, 0.15) is 11.9 Å². The Morgan fingerprint density at radius 2 is 2.12 bits per heavy atom. The molecular weight excluding hydrogens is 332 g/mol. The van der Waals surface area contributed by atoms with Crippen LogP contribution in [0.3, 0.4) is 0 Å². The molecule has 3 rings (SSSR count). The van der Waals surface area contributed by atoms with E-state index in [9.17, 15) is 14.7 Å². The van der Waals surface area contributed by atoms with Gasteiger partial charge in [-0.1, -0.05) is 0 Å². The Morgan fingerprint density at radius 1 is 1.35 bits per heavy atom. The van der Waals surface area contributed by atoms with Crippen molar-refractivity contribution in [2.75, 3.05) is 10.2 Å². The summed E-state index contributed by atoms with van der Waals surface area (Å²) in [5.41, 5.74) is 2.07. The monoisotopic (exact) mass is 350 g/mol. The number of fused-ring (bicyclic) bond motifs is 1. The van der Waals surface area contributed by atoms with E-state index in [1.165, 1.54) is 19.2 Å². The maximum Gasteiger partial charge on any atom is 0.335 e. The molecule has 2 atom stereocenters. The molecule has 2 aromatic rings. The third kappa shape index (κ3) is 3.22. The first kappa shape index (κ1) is 17.4. The van der Waals surface area contributed by atoms with Gasteiger partial charge in [-0.25, -0.2) is 9.78 Å². The van der Waals surface area contributed by atoms with E-state index in [-0.39, 0.29) is 23.6 Å². The highest BCUT2D eigenvalue weighted by Gasteiger charge is 2.33. The van der Waals surface area contributed by atoms with E-state index < -0.39 is 5.97 Å². The smallest absolute Gasteiger partial charge is 0.335 e. The third-order valence-corrected chi connectivity index (χ3v) is 4.48. The lowest BCUT2D eigenvalue weighted by Crippen LogP contribution is -2.43. The molecule has 0 bridgehead atoms. The molecule has 0 saturated carbocycles. The predicted octanol–water partition coefficient (Wildman–Crippen LogP) is 2.95. The number of rotatable bonds is 3. The zero-order valence-electron chi connectivity index (χ0n) is 14.4. The zero-order chi connectivity index (χ0) is 18.8. The summed E-state index contributed by atoms with van der Waals surface area (Å²) >= 11 is 0. The molecule has 2 N–H and O–H groups in total. The van der Waals surface area contributed by atoms with Gasteiger partial charge in [0.05, 0.1) is 17.2 Å². The fourth-order valence-corrected chi connectivity index (χ4v) is 3.34. The van der Waals surface area contributed by atoms with Gasteiger partial charge in [-0.3, -0.25) is 4.79 Å². The van der Waals surface area contributed by atoms with E-state index in [0.29, 0.717) is 23.5 Å². The lowest BCUT2D eigenvalue weighted by atomic mass is 9.90. The van der Waals surface area contributed by atoms with Gasteiger partial charge in [0.25, 0.3) is 0 Å². The third-order valence-electron chi connectivity index (χ3n) is 4.48. The number of carbonyl (C=O) groups excluding carboxylic acids is 1. The van der Waals surface area contributed by atoms with Crippen molar-refractivity contribution in [3.8, 4) is 6.07 Å². The normalized spacial score (nSPS) is 18.6. The Kier molecular flexibility index (Phi) is 4.59. The zero-order valence-corrected chi connectivity index (χ0v) is 14.4. The second kappa shape index (κ2) is 6.84. The Labute approximate surface area is 150 Å². The van der Waals surface area contributed by atoms with Gasteiger partial charge in [-0.15, -0.1) is 0 Å². The van der Waals surface area contributed by atoms with Crippen LogP contribution >= 0.6 is 0 Å². The minimum atomic E-state index is -1.02. The van der Waals surface area contributed by atoms with Crippen molar-refractivity contribution in [1.29, 1.82) is 5.26 Å². The summed E-state index contributed by atoms with van der Waals surface area (Å²) in [7, 11) is 0. The van der Waals surface area contributed by atoms with Crippen molar-refractivity contribution in [3.63, 3.8) is 0 Å². The Morgan fingerprint density at radius 3 is 2.69 bits per heavy atom. The van der Waals surface area contributed by atoms with E-state index in [1.807, 2.05) is 13.0 Å². The number of aromatic carboxylic acids is 1. The van der Waals surface area contributed by atoms with Crippen LogP contribution in [0, 0.1) is 11.3 Å². The molecule has 7 nitrogen and oxygen atoms in total. The van der Waals surface area contributed by atoms with E-state index in [0.717, 1.165) is 5.56 Å². The molecule has 0 spiro atoms. The highest BCUT2D eigenvalue weighted by Crippen LogP contribution is 2.39. The predicted molar refractivity (Wildman–Crippen MR) is 96.0 cm³/mol. The highest BCUT2D eigenvalue weighted by atomic mass is 16.4. The van der Waals surface area contributed by atoms with Gasteiger partial charge in [-0.05, 0) is 49.2 Å². The lowest BCUT2D eigenvalue weighted by Gasteiger charge is -2.39. The molecule has 1 aliphatic rings. The molecule has 1 amide bonds. The number of nitrogens with one attached hydrogen (secondary N) is 1. The molecule has 0 fully saturated rings. The van der Waals surface area contributed by atoms with Crippen LogP contribution in [0.4, 0.5) is 11.5 Å². The van der Waals surface area contributed by atoms with Crippen molar-refractivity contribution >= 4 is 23.4 Å². The van der Waals surface area contributed by atoms with E-state index in [1.54, 1.807) is 29.2 Å². The van der Waals surface area contributed by atoms with E-state index in [4.69, 9.17) is 5.26 Å². The molecule has 1 aromatic heterocycles. The molecule has 1 aliphatic heterocycles. The number of benzene rings is 1. The topological polar surface area (TPSA) is 106 Å². The molecule has 0 aliphatic carbocycles. The molecule has 7 heteroatoms. The molecule has 1 aromatic carbocycles. The minimum Gasteiger partial charge on any atom is -0.478 e. The number of carboxylic acids is 1. The van der Waals surface area contributed by atoms with Gasteiger partial charge >= 0.3 is 5.97 Å². The molecular formula is C19H18N4O3. The standard InChI is InChI=1S/C19H18N4O3/c1-11-7-16(22-18-6-3-13(9-20)10-21-18)15-8-14(19(25)26)4-5-17(15)23(11)12(2)24/h3-6,8,10-11,16H,7H2,1-2H3,(H,21,22)(H,25,26). The number of carbonyl (C=O) groups is 2. The number of pyridine rings is 1. The number of nitriles is 1. The molecule has 0 saturated heterocycles. The summed E-state index contributed by atoms with van der Waals surface area (Å²) in [6.07, 6.45) is 2.09. The first-order chi connectivity index (χ1) is 12.4. The summed E-state index contributed by atoms with van der Waals surface area (Å²) in [5, 5.41) is 21.5. The Balaban J connectivity index is 2.01. The summed E-state index contributed by atoms with van der Waals surface area (Å²) in [6, 6.07) is 9.93. The molecule has 2 heterocycles. The maximum absolute atomic E-state index is 12.1. The maximum atomic E-state index is 12.1. The number of amides is 1. The fraction of sp³-hybridized carbons (Fsp3) is 0.263. The van der Waals surface area contributed by atoms with Crippen molar-refractivity contribution in [1.82, 2.24) is 4.98 Å². The van der Waals surface area contributed by atoms with Crippen LogP contribution in [-0.4, -0.2) is 28.0 Å². The Bertz CT molecular complexity index is 902. The molecule has 26 heavy (non-hydrogen) atoms. The summed E-state index contributed by atoms with van der Waals surface area (Å²) in [6.45, 7) is 3.46. The second-order valence-corrected chi connectivity index (χ2v) is 6.29. The average molecular weight is 350 g/mol. The van der Waals surface area contributed by atoms with E-state index in [2.05, 4.69) is 10.3 Å². The van der Waals surface area contributed by atoms with Crippen molar-refractivity contribution in [2.45, 2.75) is 32.4 Å². The molecule has 2 unspecified atom stereocenters. The van der Waals surface area contributed by atoms with Crippen LogP contribution in [0.15, 0.2) is 36.5 Å². The molecule has 132 valence electrons. The summed E-state index contributed by atoms with van der Waals surface area (Å²) < 4.78 is 0. The Hall–Kier alpha value is -3.40. The van der Waals surface area contributed by atoms with Crippen molar-refractivity contribution < 1.29 is 14.7 Å².